The van der Waals surface area contributed by atoms with Crippen LogP contribution in [0.1, 0.15) is 0 Å². The average molecular weight is 262 g/mol. The van der Waals surface area contributed by atoms with Crippen molar-refractivity contribution < 1.29 is 4.42 Å². The third-order valence-electron chi connectivity index (χ3n) is 2.64. The summed E-state index contributed by atoms with van der Waals surface area (Å²) in [5.74, 6) is 1.49. The molecule has 2 aromatic heterocycles. The summed E-state index contributed by atoms with van der Waals surface area (Å²) >= 11 is 0. The monoisotopic (exact) mass is 261 g/mol. The molecule has 0 atom stereocenters. The van der Waals surface area contributed by atoms with Crippen LogP contribution in [0.15, 0.2) is 46.9 Å². The van der Waals surface area contributed by atoms with Gasteiger partial charge in [0.15, 0.2) is 0 Å². The summed E-state index contributed by atoms with van der Waals surface area (Å²) in [6.45, 7) is 0. The third kappa shape index (κ3) is 1.98. The molecule has 4 N–H and O–H groups in total. The number of rotatable bonds is 1. The molecule has 18 heavy (non-hydrogen) atoms. The van der Waals surface area contributed by atoms with E-state index >= 15 is 0 Å². The Morgan fingerprint density at radius 3 is 2.50 bits per heavy atom. The number of fused-ring (bicyclic) bond motifs is 1. The standard InChI is InChI=1S/C13H11N3O.ClH/c14-12-6-5-9(13(15)16-12)11-7-8-3-1-2-4-10(8)17-11;/h1-7H,(H4,14,15,16);1H. The van der Waals surface area contributed by atoms with Gasteiger partial charge in [0.2, 0.25) is 0 Å². The summed E-state index contributed by atoms with van der Waals surface area (Å²) in [6.07, 6.45) is 0. The number of hydrogen-bond donors (Lipinski definition) is 2. The van der Waals surface area contributed by atoms with Gasteiger partial charge in [-0.05, 0) is 24.3 Å². The second kappa shape index (κ2) is 4.58. The fourth-order valence-electron chi connectivity index (χ4n) is 1.81. The van der Waals surface area contributed by atoms with Crippen molar-refractivity contribution in [3.63, 3.8) is 0 Å². The molecule has 0 radical (unpaired) electrons. The first-order valence-electron chi connectivity index (χ1n) is 5.25. The van der Waals surface area contributed by atoms with E-state index in [2.05, 4.69) is 4.98 Å². The van der Waals surface area contributed by atoms with Crippen molar-refractivity contribution in [2.75, 3.05) is 11.5 Å². The number of furan rings is 1. The average Bonchev–Trinajstić information content (AvgIpc) is 2.72. The third-order valence-corrected chi connectivity index (χ3v) is 2.64. The second-order valence-electron chi connectivity index (χ2n) is 3.82. The van der Waals surface area contributed by atoms with Crippen molar-refractivity contribution in [2.24, 2.45) is 0 Å². The number of halogens is 1. The van der Waals surface area contributed by atoms with Crippen LogP contribution in [0.2, 0.25) is 0 Å². The first-order chi connectivity index (χ1) is 8.24. The van der Waals surface area contributed by atoms with Gasteiger partial charge in [0.05, 0.1) is 5.56 Å². The van der Waals surface area contributed by atoms with E-state index in [1.807, 2.05) is 36.4 Å². The number of benzene rings is 1. The Labute approximate surface area is 110 Å². The number of anilines is 2. The molecule has 3 aromatic rings. The van der Waals surface area contributed by atoms with Gasteiger partial charge in [-0.15, -0.1) is 12.4 Å². The molecule has 0 aliphatic heterocycles. The summed E-state index contributed by atoms with van der Waals surface area (Å²) in [4.78, 5) is 4.02. The smallest absolute Gasteiger partial charge is 0.139 e. The molecule has 5 heteroatoms. The van der Waals surface area contributed by atoms with Crippen LogP contribution >= 0.6 is 12.4 Å². The number of para-hydroxylation sites is 1. The van der Waals surface area contributed by atoms with Crippen molar-refractivity contribution in [3.8, 4) is 11.3 Å². The highest BCUT2D eigenvalue weighted by molar-refractivity contribution is 5.85. The normalized spacial score (nSPS) is 10.2. The van der Waals surface area contributed by atoms with Gasteiger partial charge in [-0.25, -0.2) is 4.98 Å². The molecule has 0 unspecified atom stereocenters. The Hall–Kier alpha value is -2.20. The summed E-state index contributed by atoms with van der Waals surface area (Å²) in [5.41, 5.74) is 13.0. The molecular weight excluding hydrogens is 250 g/mol. The Bertz CT molecular complexity index is 661. The zero-order chi connectivity index (χ0) is 11.8. The zero-order valence-corrected chi connectivity index (χ0v) is 10.3. The van der Waals surface area contributed by atoms with Crippen LogP contribution in [-0.2, 0) is 0 Å². The van der Waals surface area contributed by atoms with Crippen LogP contribution in [0.3, 0.4) is 0 Å². The summed E-state index contributed by atoms with van der Waals surface area (Å²) in [5, 5.41) is 1.04. The molecule has 0 aliphatic rings. The van der Waals surface area contributed by atoms with Crippen LogP contribution in [0, 0.1) is 0 Å². The minimum atomic E-state index is 0. The Morgan fingerprint density at radius 2 is 1.78 bits per heavy atom. The molecule has 1 aromatic carbocycles. The molecule has 3 rings (SSSR count). The number of aromatic nitrogens is 1. The van der Waals surface area contributed by atoms with Gasteiger partial charge in [-0.3, -0.25) is 0 Å². The molecule has 0 saturated carbocycles. The molecule has 0 fully saturated rings. The van der Waals surface area contributed by atoms with Crippen molar-refractivity contribution in [1.29, 1.82) is 0 Å². The molecule has 92 valence electrons. The van der Waals surface area contributed by atoms with E-state index < -0.39 is 0 Å². The van der Waals surface area contributed by atoms with E-state index in [0.717, 1.165) is 16.5 Å². The van der Waals surface area contributed by atoms with Gasteiger partial charge in [0.25, 0.3) is 0 Å². The first-order valence-corrected chi connectivity index (χ1v) is 5.25. The van der Waals surface area contributed by atoms with Crippen LogP contribution in [0.25, 0.3) is 22.3 Å². The molecule has 0 bridgehead atoms. The van der Waals surface area contributed by atoms with Gasteiger partial charge in [-0.2, -0.15) is 0 Å². The first kappa shape index (κ1) is 12.3. The van der Waals surface area contributed by atoms with E-state index in [0.29, 0.717) is 17.4 Å². The SMILES string of the molecule is Cl.Nc1ccc(-c2cc3ccccc3o2)c(N)n1. The number of pyridine rings is 1. The van der Waals surface area contributed by atoms with Crippen molar-refractivity contribution in [3.05, 3.63) is 42.5 Å². The summed E-state index contributed by atoms with van der Waals surface area (Å²) in [7, 11) is 0. The molecule has 0 saturated heterocycles. The number of nitrogens with zero attached hydrogens (tertiary/aromatic N) is 1. The topological polar surface area (TPSA) is 78.1 Å². The largest absolute Gasteiger partial charge is 0.456 e. The molecule has 2 heterocycles. The predicted octanol–water partition coefficient (Wildman–Crippen LogP) is 3.08. The van der Waals surface area contributed by atoms with E-state index in [-0.39, 0.29) is 12.4 Å². The van der Waals surface area contributed by atoms with Crippen LogP contribution in [-0.4, -0.2) is 4.98 Å². The lowest BCUT2D eigenvalue weighted by Gasteiger charge is -2.01. The lowest BCUT2D eigenvalue weighted by Crippen LogP contribution is -1.97. The van der Waals surface area contributed by atoms with E-state index in [1.54, 1.807) is 6.07 Å². The number of nitrogens with two attached hydrogens (primary N) is 2. The molecule has 4 nitrogen and oxygen atoms in total. The van der Waals surface area contributed by atoms with E-state index in [1.165, 1.54) is 0 Å². The molecule has 0 spiro atoms. The molecular formula is C13H12ClN3O. The Kier molecular flexibility index (Phi) is 3.12. The minimum Gasteiger partial charge on any atom is -0.456 e. The molecule has 0 amide bonds. The predicted molar refractivity (Wildman–Crippen MR) is 75.5 cm³/mol. The van der Waals surface area contributed by atoms with Crippen LogP contribution in [0.5, 0.6) is 0 Å². The highest BCUT2D eigenvalue weighted by Gasteiger charge is 2.09. The van der Waals surface area contributed by atoms with E-state index in [9.17, 15) is 0 Å². The van der Waals surface area contributed by atoms with Gasteiger partial charge in [-0.1, -0.05) is 18.2 Å². The fraction of sp³-hybridized carbons (Fsp3) is 0. The Balaban J connectivity index is 0.00000120. The summed E-state index contributed by atoms with van der Waals surface area (Å²) < 4.78 is 5.71. The maximum Gasteiger partial charge on any atom is 0.139 e. The van der Waals surface area contributed by atoms with Crippen molar-refractivity contribution in [2.45, 2.75) is 0 Å². The van der Waals surface area contributed by atoms with Crippen LogP contribution in [0.4, 0.5) is 11.6 Å². The maximum atomic E-state index is 5.82. The lowest BCUT2D eigenvalue weighted by atomic mass is 10.2. The van der Waals surface area contributed by atoms with E-state index in [4.69, 9.17) is 15.9 Å². The lowest BCUT2D eigenvalue weighted by molar-refractivity contribution is 0.631. The van der Waals surface area contributed by atoms with Crippen molar-refractivity contribution in [1.82, 2.24) is 4.98 Å². The van der Waals surface area contributed by atoms with Crippen molar-refractivity contribution >= 4 is 35.0 Å². The second-order valence-corrected chi connectivity index (χ2v) is 3.82. The van der Waals surface area contributed by atoms with Gasteiger partial charge >= 0.3 is 0 Å². The summed E-state index contributed by atoms with van der Waals surface area (Å²) in [6, 6.07) is 13.3. The van der Waals surface area contributed by atoms with Gasteiger partial charge in [0, 0.05) is 5.39 Å². The zero-order valence-electron chi connectivity index (χ0n) is 9.46. The van der Waals surface area contributed by atoms with Crippen LogP contribution < -0.4 is 11.5 Å². The van der Waals surface area contributed by atoms with Gasteiger partial charge < -0.3 is 15.9 Å². The maximum absolute atomic E-state index is 5.82. The molecule has 0 aliphatic carbocycles. The highest BCUT2D eigenvalue weighted by atomic mass is 35.5. The number of hydrogen-bond acceptors (Lipinski definition) is 4. The number of nitrogen functional groups attached to an aromatic ring is 2. The van der Waals surface area contributed by atoms with Gasteiger partial charge in [0.1, 0.15) is 23.0 Å². The highest BCUT2D eigenvalue weighted by Crippen LogP contribution is 2.30. The fourth-order valence-corrected chi connectivity index (χ4v) is 1.81. The minimum absolute atomic E-state index is 0. The Morgan fingerprint density at radius 1 is 1.00 bits per heavy atom. The quantitative estimate of drug-likeness (QED) is 0.706.